The van der Waals surface area contributed by atoms with Crippen LogP contribution in [0.15, 0.2) is 53.3 Å². The van der Waals surface area contributed by atoms with Crippen LogP contribution < -0.4 is 10.5 Å². The van der Waals surface area contributed by atoms with E-state index in [-0.39, 0.29) is 17.5 Å². The van der Waals surface area contributed by atoms with Gasteiger partial charge in [-0.15, -0.1) is 5.10 Å². The zero-order valence-electron chi connectivity index (χ0n) is 20.8. The largest absolute Gasteiger partial charge is 0.376 e. The molecule has 9 nitrogen and oxygen atoms in total. The van der Waals surface area contributed by atoms with E-state index in [0.717, 1.165) is 54.7 Å². The Bertz CT molecular complexity index is 1440. The van der Waals surface area contributed by atoms with Crippen molar-refractivity contribution in [1.29, 1.82) is 0 Å². The van der Waals surface area contributed by atoms with Gasteiger partial charge < -0.3 is 14.6 Å². The molecule has 2 atom stereocenters. The van der Waals surface area contributed by atoms with Crippen LogP contribution in [-0.4, -0.2) is 69.0 Å². The van der Waals surface area contributed by atoms with Crippen LogP contribution in [-0.2, 0) is 11.3 Å². The van der Waals surface area contributed by atoms with E-state index in [9.17, 15) is 9.18 Å². The van der Waals surface area contributed by atoms with Gasteiger partial charge in [0, 0.05) is 49.6 Å². The average Bonchev–Trinajstić information content (AvgIpc) is 3.58. The van der Waals surface area contributed by atoms with Crippen LogP contribution in [0.1, 0.15) is 35.8 Å². The molecule has 0 aliphatic carbocycles. The molecule has 1 N–H and O–H groups in total. The van der Waals surface area contributed by atoms with Gasteiger partial charge in [-0.2, -0.15) is 0 Å². The topological polar surface area (TPSA) is 92.2 Å². The first-order valence-electron chi connectivity index (χ1n) is 12.8. The van der Waals surface area contributed by atoms with Crippen molar-refractivity contribution in [3.05, 3.63) is 81.7 Å². The van der Waals surface area contributed by atoms with Crippen molar-refractivity contribution in [1.82, 2.24) is 30.1 Å². The highest BCUT2D eigenvalue weighted by atomic mass is 19.1. The van der Waals surface area contributed by atoms with Gasteiger partial charge in [0.15, 0.2) is 5.82 Å². The number of anilines is 1. The van der Waals surface area contributed by atoms with Gasteiger partial charge in [-0.3, -0.25) is 9.69 Å². The summed E-state index contributed by atoms with van der Waals surface area (Å²) in [5, 5.41) is 13.7. The van der Waals surface area contributed by atoms with Crippen molar-refractivity contribution in [3.63, 3.8) is 0 Å². The predicted molar refractivity (Wildman–Crippen MR) is 138 cm³/mol. The summed E-state index contributed by atoms with van der Waals surface area (Å²) < 4.78 is 21.1. The Morgan fingerprint density at radius 2 is 1.92 bits per heavy atom. The standard InChI is InChI=1S/C27H30FN7O2/c1-18-4-5-19-16-23(27(36)29-24(19)15-18)25(26-30-31-32-35(26)17-22-3-2-14-37-22)34-12-10-33(11-13-34)21-8-6-20(28)7-9-21/h4-9,15-16,22,25H,2-3,10-14,17H2,1H3,(H,29,36)/t22-,25-/m1/s1. The van der Waals surface area contributed by atoms with E-state index in [0.29, 0.717) is 31.0 Å². The van der Waals surface area contributed by atoms with Crippen LogP contribution >= 0.6 is 0 Å². The van der Waals surface area contributed by atoms with Crippen molar-refractivity contribution in [2.24, 2.45) is 0 Å². The number of aromatic amines is 1. The maximum Gasteiger partial charge on any atom is 0.253 e. The first kappa shape index (κ1) is 23.7. The number of nitrogens with one attached hydrogen (secondary N) is 1. The van der Waals surface area contributed by atoms with Crippen LogP contribution in [0.2, 0.25) is 0 Å². The molecule has 192 valence electrons. The quantitative estimate of drug-likeness (QED) is 0.432. The second kappa shape index (κ2) is 10.0. The number of piperazine rings is 1. The summed E-state index contributed by atoms with van der Waals surface area (Å²) in [5.41, 5.74) is 3.36. The predicted octanol–water partition coefficient (Wildman–Crippen LogP) is 3.05. The molecule has 2 saturated heterocycles. The van der Waals surface area contributed by atoms with Crippen LogP contribution in [0, 0.1) is 12.7 Å². The number of aryl methyl sites for hydroxylation is 1. The van der Waals surface area contributed by atoms with E-state index in [1.165, 1.54) is 12.1 Å². The summed E-state index contributed by atoms with van der Waals surface area (Å²) in [6, 6.07) is 14.2. The third-order valence-electron chi connectivity index (χ3n) is 7.40. The molecule has 10 heteroatoms. The molecule has 4 aromatic rings. The van der Waals surface area contributed by atoms with Crippen molar-refractivity contribution < 1.29 is 9.13 Å². The fraction of sp³-hybridized carbons (Fsp3) is 0.407. The molecule has 0 bridgehead atoms. The maximum atomic E-state index is 13.5. The van der Waals surface area contributed by atoms with E-state index in [4.69, 9.17) is 4.74 Å². The lowest BCUT2D eigenvalue weighted by atomic mass is 10.0. The van der Waals surface area contributed by atoms with Gasteiger partial charge in [-0.25, -0.2) is 9.07 Å². The summed E-state index contributed by atoms with van der Waals surface area (Å²) in [4.78, 5) is 21.0. The first-order chi connectivity index (χ1) is 18.0. The molecule has 2 aliphatic rings. The molecular weight excluding hydrogens is 473 g/mol. The number of pyridine rings is 1. The Hall–Kier alpha value is -3.63. The molecule has 0 radical (unpaired) electrons. The Kier molecular flexibility index (Phi) is 6.43. The minimum atomic E-state index is -0.416. The summed E-state index contributed by atoms with van der Waals surface area (Å²) in [5.74, 6) is 0.397. The number of aromatic nitrogens is 5. The van der Waals surface area contributed by atoms with E-state index >= 15 is 0 Å². The van der Waals surface area contributed by atoms with Gasteiger partial charge in [-0.1, -0.05) is 12.1 Å². The number of nitrogens with zero attached hydrogens (tertiary/aromatic N) is 6. The number of ether oxygens (including phenoxy) is 1. The fourth-order valence-corrected chi connectivity index (χ4v) is 5.44. The lowest BCUT2D eigenvalue weighted by molar-refractivity contribution is 0.0906. The number of rotatable bonds is 6. The normalized spacial score (nSPS) is 19.5. The highest BCUT2D eigenvalue weighted by Gasteiger charge is 2.33. The molecule has 6 rings (SSSR count). The van der Waals surface area contributed by atoms with Gasteiger partial charge in [0.25, 0.3) is 5.56 Å². The molecule has 2 fully saturated rings. The Balaban J connectivity index is 1.35. The highest BCUT2D eigenvalue weighted by Crippen LogP contribution is 2.29. The lowest BCUT2D eigenvalue weighted by Crippen LogP contribution is -2.49. The molecule has 2 aromatic heterocycles. The maximum absolute atomic E-state index is 13.5. The second-order valence-electron chi connectivity index (χ2n) is 9.90. The molecule has 0 amide bonds. The summed E-state index contributed by atoms with van der Waals surface area (Å²) in [6.07, 6.45) is 2.06. The van der Waals surface area contributed by atoms with Gasteiger partial charge in [0.2, 0.25) is 0 Å². The fourth-order valence-electron chi connectivity index (χ4n) is 5.44. The molecule has 37 heavy (non-hydrogen) atoms. The number of tetrazole rings is 1. The summed E-state index contributed by atoms with van der Waals surface area (Å²) in [6.45, 7) is 6.18. The van der Waals surface area contributed by atoms with Crippen molar-refractivity contribution in [2.75, 3.05) is 37.7 Å². The molecule has 2 aromatic carbocycles. The molecule has 4 heterocycles. The van der Waals surface area contributed by atoms with Crippen molar-refractivity contribution in [3.8, 4) is 0 Å². The zero-order chi connectivity index (χ0) is 25.4. The average molecular weight is 504 g/mol. The Labute approximate surface area is 213 Å². The SMILES string of the molecule is Cc1ccc2cc([C@H](c3nnnn3C[C@H]3CCCO3)N3CCN(c4ccc(F)cc4)CC3)c(=O)[nH]c2c1. The van der Waals surface area contributed by atoms with Crippen LogP contribution in [0.3, 0.4) is 0 Å². The third kappa shape index (κ3) is 4.86. The monoisotopic (exact) mass is 503 g/mol. The number of H-pyrrole nitrogens is 1. The number of halogens is 1. The van der Waals surface area contributed by atoms with Crippen LogP contribution in [0.25, 0.3) is 10.9 Å². The smallest absolute Gasteiger partial charge is 0.253 e. The molecule has 0 unspecified atom stereocenters. The summed E-state index contributed by atoms with van der Waals surface area (Å²) in [7, 11) is 0. The Morgan fingerprint density at radius 1 is 1.11 bits per heavy atom. The zero-order valence-corrected chi connectivity index (χ0v) is 20.8. The van der Waals surface area contributed by atoms with Gasteiger partial charge in [-0.05, 0) is 77.5 Å². The van der Waals surface area contributed by atoms with Gasteiger partial charge >= 0.3 is 0 Å². The van der Waals surface area contributed by atoms with E-state index in [1.807, 2.05) is 31.2 Å². The van der Waals surface area contributed by atoms with E-state index in [2.05, 4.69) is 30.3 Å². The minimum Gasteiger partial charge on any atom is -0.376 e. The van der Waals surface area contributed by atoms with Crippen LogP contribution in [0.4, 0.5) is 10.1 Å². The van der Waals surface area contributed by atoms with Gasteiger partial charge in [0.05, 0.1) is 12.6 Å². The van der Waals surface area contributed by atoms with E-state index in [1.54, 1.807) is 16.8 Å². The Morgan fingerprint density at radius 3 is 2.68 bits per heavy atom. The van der Waals surface area contributed by atoms with E-state index < -0.39 is 6.04 Å². The van der Waals surface area contributed by atoms with Gasteiger partial charge in [0.1, 0.15) is 11.9 Å². The van der Waals surface area contributed by atoms with Crippen molar-refractivity contribution in [2.45, 2.75) is 38.5 Å². The molecule has 0 saturated carbocycles. The number of hydrogen-bond donors (Lipinski definition) is 1. The summed E-state index contributed by atoms with van der Waals surface area (Å²) >= 11 is 0. The first-order valence-corrected chi connectivity index (χ1v) is 12.8. The third-order valence-corrected chi connectivity index (χ3v) is 7.40. The number of benzene rings is 2. The van der Waals surface area contributed by atoms with Crippen LogP contribution in [0.5, 0.6) is 0 Å². The molecule has 0 spiro atoms. The lowest BCUT2D eigenvalue weighted by Gasteiger charge is -2.39. The highest BCUT2D eigenvalue weighted by molar-refractivity contribution is 5.79. The number of fused-ring (bicyclic) bond motifs is 1. The van der Waals surface area contributed by atoms with Crippen molar-refractivity contribution >= 4 is 16.6 Å². The number of hydrogen-bond acceptors (Lipinski definition) is 7. The molecule has 2 aliphatic heterocycles. The second-order valence-corrected chi connectivity index (χ2v) is 9.90. The minimum absolute atomic E-state index is 0.0658. The molecular formula is C27H30FN7O2.